The molecule has 0 unspecified atom stereocenters. The van der Waals surface area contributed by atoms with Crippen LogP contribution in [0.15, 0.2) is 78.9 Å². The maximum absolute atomic E-state index is 11.8. The van der Waals surface area contributed by atoms with Gasteiger partial charge < -0.3 is 9.84 Å². The van der Waals surface area contributed by atoms with Crippen LogP contribution in [0.25, 0.3) is 10.9 Å². The van der Waals surface area contributed by atoms with Gasteiger partial charge in [-0.2, -0.15) is 0 Å². The van der Waals surface area contributed by atoms with Crippen molar-refractivity contribution >= 4 is 16.9 Å². The molecule has 4 heteroatoms. The lowest BCUT2D eigenvalue weighted by Gasteiger charge is -2.15. The molecule has 1 N–H and O–H groups in total. The summed E-state index contributed by atoms with van der Waals surface area (Å²) in [6.07, 6.45) is 0. The van der Waals surface area contributed by atoms with Gasteiger partial charge in [0.2, 0.25) is 0 Å². The van der Waals surface area contributed by atoms with E-state index in [-0.39, 0.29) is 5.69 Å². The number of carboxylic acid groups (broad SMARTS) is 1. The molecular weight excluding hydrogens is 374 g/mol. The van der Waals surface area contributed by atoms with Crippen molar-refractivity contribution in [1.29, 1.82) is 0 Å². The molecule has 0 spiro atoms. The van der Waals surface area contributed by atoms with Crippen molar-refractivity contribution in [3.05, 3.63) is 107 Å². The van der Waals surface area contributed by atoms with Gasteiger partial charge in [0.15, 0.2) is 5.69 Å². The summed E-state index contributed by atoms with van der Waals surface area (Å²) in [5, 5.41) is 10.4. The highest BCUT2D eigenvalue weighted by atomic mass is 16.5. The van der Waals surface area contributed by atoms with Crippen molar-refractivity contribution in [3.63, 3.8) is 0 Å². The number of rotatable bonds is 4. The first-order valence-corrected chi connectivity index (χ1v) is 9.54. The van der Waals surface area contributed by atoms with Crippen LogP contribution in [0.1, 0.15) is 32.7 Å². The second-order valence-electron chi connectivity index (χ2n) is 6.81. The van der Waals surface area contributed by atoms with Gasteiger partial charge >= 0.3 is 5.97 Å². The number of carboxylic acids is 1. The van der Waals surface area contributed by atoms with Crippen LogP contribution in [0.2, 0.25) is 0 Å². The third-order valence-corrected chi connectivity index (χ3v) is 4.74. The molecule has 0 aliphatic heterocycles. The molecule has 0 saturated carbocycles. The Labute approximate surface area is 174 Å². The molecule has 4 aromatic rings. The van der Waals surface area contributed by atoms with Gasteiger partial charge in [0.25, 0.3) is 0 Å². The second-order valence-corrected chi connectivity index (χ2v) is 6.81. The Morgan fingerprint density at radius 1 is 0.933 bits per heavy atom. The minimum Gasteiger partial charge on any atom is -0.488 e. The van der Waals surface area contributed by atoms with Crippen LogP contribution in [-0.2, 0) is 6.61 Å². The number of carbonyl (C=O) groups is 1. The van der Waals surface area contributed by atoms with Crippen LogP contribution in [-0.4, -0.2) is 16.1 Å². The normalized spacial score (nSPS) is 10.3. The Morgan fingerprint density at radius 3 is 2.33 bits per heavy atom. The number of pyridine rings is 1. The maximum Gasteiger partial charge on any atom is 0.354 e. The van der Waals surface area contributed by atoms with E-state index in [1.165, 1.54) is 0 Å². The second kappa shape index (κ2) is 8.50. The molecule has 0 amide bonds. The first-order valence-electron chi connectivity index (χ1n) is 9.54. The molecule has 3 aromatic carbocycles. The number of hydrogen-bond donors (Lipinski definition) is 1. The van der Waals surface area contributed by atoms with Gasteiger partial charge in [0.1, 0.15) is 12.4 Å². The Bertz CT molecular complexity index is 1270. The summed E-state index contributed by atoms with van der Waals surface area (Å²) < 4.78 is 6.09. The number of ether oxygens (including phenoxy) is 1. The van der Waals surface area contributed by atoms with Gasteiger partial charge in [-0.25, -0.2) is 9.78 Å². The van der Waals surface area contributed by atoms with Crippen LogP contribution in [0.4, 0.5) is 0 Å². The SMILES string of the molecule is Cc1c(C(=O)O)nc2c(C#Cc3ccccc3)cccc2c1OCc1ccccc1. The average molecular weight is 393 g/mol. The predicted octanol–water partition coefficient (Wildman–Crippen LogP) is 5.22. The highest BCUT2D eigenvalue weighted by Gasteiger charge is 2.19. The fraction of sp³-hybridized carbons (Fsp3) is 0.0769. The molecule has 1 heterocycles. The summed E-state index contributed by atoms with van der Waals surface area (Å²) in [5.74, 6) is 5.67. The number of aromatic carboxylic acids is 1. The third-order valence-electron chi connectivity index (χ3n) is 4.74. The molecule has 30 heavy (non-hydrogen) atoms. The average Bonchev–Trinajstić information content (AvgIpc) is 2.78. The Morgan fingerprint density at radius 2 is 1.63 bits per heavy atom. The van der Waals surface area contributed by atoms with E-state index in [4.69, 9.17) is 4.74 Å². The highest BCUT2D eigenvalue weighted by molar-refractivity contribution is 5.97. The van der Waals surface area contributed by atoms with Gasteiger partial charge in [-0.15, -0.1) is 0 Å². The lowest BCUT2D eigenvalue weighted by molar-refractivity contribution is 0.0689. The third kappa shape index (κ3) is 4.01. The summed E-state index contributed by atoms with van der Waals surface area (Å²) in [4.78, 5) is 16.2. The van der Waals surface area contributed by atoms with Gasteiger partial charge in [0.05, 0.1) is 11.1 Å². The molecule has 4 nitrogen and oxygen atoms in total. The van der Waals surface area contributed by atoms with E-state index in [0.717, 1.165) is 16.5 Å². The van der Waals surface area contributed by atoms with Crippen molar-refractivity contribution in [2.24, 2.45) is 0 Å². The van der Waals surface area contributed by atoms with Gasteiger partial charge in [-0.05, 0) is 36.8 Å². The zero-order valence-corrected chi connectivity index (χ0v) is 16.4. The fourth-order valence-corrected chi connectivity index (χ4v) is 3.24. The van der Waals surface area contributed by atoms with E-state index in [1.54, 1.807) is 6.92 Å². The number of nitrogens with zero attached hydrogens (tertiary/aromatic N) is 1. The van der Waals surface area contributed by atoms with Crippen molar-refractivity contribution < 1.29 is 14.6 Å². The number of benzene rings is 3. The number of hydrogen-bond acceptors (Lipinski definition) is 3. The molecule has 0 radical (unpaired) electrons. The molecule has 0 fully saturated rings. The summed E-state index contributed by atoms with van der Waals surface area (Å²) >= 11 is 0. The summed E-state index contributed by atoms with van der Waals surface area (Å²) in [6.45, 7) is 2.05. The smallest absolute Gasteiger partial charge is 0.354 e. The Kier molecular flexibility index (Phi) is 5.45. The Hall–Kier alpha value is -4.10. The van der Waals surface area contributed by atoms with Crippen molar-refractivity contribution in [3.8, 4) is 17.6 Å². The largest absolute Gasteiger partial charge is 0.488 e. The van der Waals surface area contributed by atoms with Crippen LogP contribution in [0, 0.1) is 18.8 Å². The lowest BCUT2D eigenvalue weighted by atomic mass is 10.0. The van der Waals surface area contributed by atoms with Gasteiger partial charge in [0, 0.05) is 16.5 Å². The number of aromatic nitrogens is 1. The first kappa shape index (κ1) is 19.2. The lowest BCUT2D eigenvalue weighted by Crippen LogP contribution is -2.08. The Balaban J connectivity index is 1.83. The molecule has 0 atom stereocenters. The fourth-order valence-electron chi connectivity index (χ4n) is 3.24. The summed E-state index contributed by atoms with van der Waals surface area (Å²) in [5.41, 5.74) is 3.52. The quantitative estimate of drug-likeness (QED) is 0.483. The molecule has 146 valence electrons. The molecule has 0 saturated heterocycles. The maximum atomic E-state index is 11.8. The van der Waals surface area contributed by atoms with E-state index in [0.29, 0.717) is 29.0 Å². The molecule has 0 bridgehead atoms. The highest BCUT2D eigenvalue weighted by Crippen LogP contribution is 2.32. The van der Waals surface area contributed by atoms with Crippen LogP contribution >= 0.6 is 0 Å². The first-order chi connectivity index (χ1) is 14.6. The standard InChI is InChI=1S/C26H19NO3/c1-18-23(26(28)29)27-24-21(16-15-19-9-4-2-5-10-19)13-8-14-22(24)25(18)30-17-20-11-6-3-7-12-20/h2-14H,17H2,1H3,(H,28,29). The predicted molar refractivity (Wildman–Crippen MR) is 117 cm³/mol. The molecule has 1 aromatic heterocycles. The molecule has 4 rings (SSSR count). The van der Waals surface area contributed by atoms with Crippen molar-refractivity contribution in [2.45, 2.75) is 13.5 Å². The minimum atomic E-state index is -1.09. The monoisotopic (exact) mass is 393 g/mol. The summed E-state index contributed by atoms with van der Waals surface area (Å²) in [7, 11) is 0. The van der Waals surface area contributed by atoms with Crippen molar-refractivity contribution in [1.82, 2.24) is 4.98 Å². The van der Waals surface area contributed by atoms with E-state index < -0.39 is 5.97 Å². The zero-order valence-electron chi connectivity index (χ0n) is 16.4. The van der Waals surface area contributed by atoms with Crippen LogP contribution in [0.3, 0.4) is 0 Å². The van der Waals surface area contributed by atoms with Crippen LogP contribution < -0.4 is 4.74 Å². The molecule has 0 aliphatic rings. The van der Waals surface area contributed by atoms with Crippen molar-refractivity contribution in [2.75, 3.05) is 0 Å². The van der Waals surface area contributed by atoms with Gasteiger partial charge in [-0.3, -0.25) is 0 Å². The van der Waals surface area contributed by atoms with Crippen LogP contribution in [0.5, 0.6) is 5.75 Å². The molecular formula is C26H19NO3. The number of fused-ring (bicyclic) bond motifs is 1. The minimum absolute atomic E-state index is 0.0282. The molecule has 0 aliphatic carbocycles. The zero-order chi connectivity index (χ0) is 20.9. The van der Waals surface area contributed by atoms with E-state index in [9.17, 15) is 9.90 Å². The van der Waals surface area contributed by atoms with Gasteiger partial charge in [-0.1, -0.05) is 66.4 Å². The van der Waals surface area contributed by atoms with E-state index in [2.05, 4.69) is 16.8 Å². The van der Waals surface area contributed by atoms with E-state index in [1.807, 2.05) is 78.9 Å². The number of para-hydroxylation sites is 1. The summed E-state index contributed by atoms with van der Waals surface area (Å²) in [6, 6.07) is 25.0. The van der Waals surface area contributed by atoms with E-state index >= 15 is 0 Å². The topological polar surface area (TPSA) is 59.4 Å².